The van der Waals surface area contributed by atoms with Gasteiger partial charge in [0.05, 0.1) is 13.2 Å². The summed E-state index contributed by atoms with van der Waals surface area (Å²) >= 11 is 0. The first-order valence-corrected chi connectivity index (χ1v) is 21.7. The molecule has 7 nitrogen and oxygen atoms in total. The maximum absolute atomic E-state index is 10.4. The van der Waals surface area contributed by atoms with Gasteiger partial charge in [0.2, 0.25) is 0 Å². The zero-order valence-corrected chi connectivity index (χ0v) is 33.5. The van der Waals surface area contributed by atoms with Crippen LogP contribution in [0.1, 0.15) is 245 Å². The quantitative estimate of drug-likeness (QED) is 0.0401. The van der Waals surface area contributed by atoms with Crippen LogP contribution in [0.4, 0.5) is 0 Å². The van der Waals surface area contributed by atoms with Crippen LogP contribution in [-0.2, 0) is 9.59 Å². The van der Waals surface area contributed by atoms with E-state index >= 15 is 0 Å². The lowest BCUT2D eigenvalue weighted by atomic mass is 10.0. The third-order valence-electron chi connectivity index (χ3n) is 9.41. The van der Waals surface area contributed by atoms with Crippen molar-refractivity contribution in [1.82, 2.24) is 0 Å². The van der Waals surface area contributed by atoms with Crippen molar-refractivity contribution in [3.05, 3.63) is 0 Å². The van der Waals surface area contributed by atoms with Gasteiger partial charge in [0, 0.05) is 12.8 Å². The van der Waals surface area contributed by atoms with E-state index in [2.05, 4.69) is 13.8 Å². The highest BCUT2D eigenvalue weighted by Crippen LogP contribution is 2.16. The fraction of sp³-hybridized carbons (Fsp3) is 0.953. The molecule has 0 saturated carbocycles. The Labute approximate surface area is 310 Å². The van der Waals surface area contributed by atoms with E-state index in [-0.39, 0.29) is 13.2 Å². The van der Waals surface area contributed by atoms with Gasteiger partial charge in [-0.05, 0) is 12.8 Å². The number of unbranched alkanes of at least 4 members (excludes halogenated alkanes) is 32. The number of aliphatic hydroxyl groups is 3. The van der Waals surface area contributed by atoms with Crippen molar-refractivity contribution >= 4 is 11.9 Å². The maximum Gasteiger partial charge on any atom is 0.303 e. The number of aliphatic carboxylic acids is 2. The summed E-state index contributed by atoms with van der Waals surface area (Å²) in [5.41, 5.74) is 0. The number of aliphatic hydroxyl groups excluding tert-OH is 3. The van der Waals surface area contributed by atoms with Crippen LogP contribution in [0.5, 0.6) is 0 Å². The van der Waals surface area contributed by atoms with E-state index in [1.807, 2.05) is 0 Å². The average molecular weight is 717 g/mol. The molecule has 0 heterocycles. The molecule has 0 aliphatic rings. The van der Waals surface area contributed by atoms with Gasteiger partial charge in [-0.1, -0.05) is 219 Å². The van der Waals surface area contributed by atoms with E-state index < -0.39 is 18.0 Å². The molecule has 0 aromatic carbocycles. The second-order valence-corrected chi connectivity index (χ2v) is 14.6. The molecule has 0 aromatic heterocycles. The first-order chi connectivity index (χ1) is 24.3. The lowest BCUT2D eigenvalue weighted by molar-refractivity contribution is -0.138. The van der Waals surface area contributed by atoms with Crippen LogP contribution < -0.4 is 0 Å². The third kappa shape index (κ3) is 59.0. The minimum absolute atomic E-state index is 0.346. The van der Waals surface area contributed by atoms with Crippen LogP contribution in [0.25, 0.3) is 0 Å². The van der Waals surface area contributed by atoms with Crippen molar-refractivity contribution in [3.8, 4) is 0 Å². The first-order valence-electron chi connectivity index (χ1n) is 21.7. The lowest BCUT2D eigenvalue weighted by Crippen LogP contribution is -2.15. The van der Waals surface area contributed by atoms with Crippen LogP contribution in [0.3, 0.4) is 0 Å². The molecule has 7 heteroatoms. The molecule has 0 radical (unpaired) electrons. The zero-order chi connectivity index (χ0) is 37.6. The van der Waals surface area contributed by atoms with E-state index in [1.54, 1.807) is 0 Å². The first kappa shape index (κ1) is 53.2. The molecule has 0 aromatic rings. The van der Waals surface area contributed by atoms with Crippen molar-refractivity contribution in [2.24, 2.45) is 0 Å². The predicted octanol–water partition coefficient (Wildman–Crippen LogP) is 12.6. The molecule has 0 saturated heterocycles. The molecule has 0 rings (SSSR count). The highest BCUT2D eigenvalue weighted by atomic mass is 16.4. The molecular weight excluding hydrogens is 628 g/mol. The third-order valence-corrected chi connectivity index (χ3v) is 9.41. The minimum Gasteiger partial charge on any atom is -0.481 e. The molecule has 0 bridgehead atoms. The van der Waals surface area contributed by atoms with E-state index in [4.69, 9.17) is 25.5 Å². The molecular formula is C43H88O7. The van der Waals surface area contributed by atoms with Crippen LogP contribution in [-0.4, -0.2) is 56.8 Å². The number of hydrogen-bond acceptors (Lipinski definition) is 5. The predicted molar refractivity (Wildman–Crippen MR) is 213 cm³/mol. The zero-order valence-electron chi connectivity index (χ0n) is 33.5. The van der Waals surface area contributed by atoms with E-state index in [0.717, 1.165) is 25.7 Å². The summed E-state index contributed by atoms with van der Waals surface area (Å²) in [7, 11) is 0. The van der Waals surface area contributed by atoms with Crippen molar-refractivity contribution in [1.29, 1.82) is 0 Å². The van der Waals surface area contributed by atoms with Gasteiger partial charge in [-0.3, -0.25) is 9.59 Å². The van der Waals surface area contributed by atoms with Gasteiger partial charge in [0.1, 0.15) is 6.10 Å². The summed E-state index contributed by atoms with van der Waals surface area (Å²) in [6, 6.07) is 0. The van der Waals surface area contributed by atoms with Crippen molar-refractivity contribution < 1.29 is 35.1 Å². The summed E-state index contributed by atoms with van der Waals surface area (Å²) in [5.74, 6) is -1.30. The van der Waals surface area contributed by atoms with Crippen LogP contribution in [0.2, 0.25) is 0 Å². The summed E-state index contributed by atoms with van der Waals surface area (Å²) in [6.45, 7) is 3.83. The highest BCUT2D eigenvalue weighted by molar-refractivity contribution is 5.66. The van der Waals surface area contributed by atoms with Gasteiger partial charge in [-0.15, -0.1) is 0 Å². The molecule has 302 valence electrons. The molecule has 0 atom stereocenters. The largest absolute Gasteiger partial charge is 0.481 e. The molecule has 0 unspecified atom stereocenters. The van der Waals surface area contributed by atoms with Gasteiger partial charge in [0.25, 0.3) is 0 Å². The second kappa shape index (κ2) is 49.9. The Kier molecular flexibility index (Phi) is 53.1. The summed E-state index contributed by atoms with van der Waals surface area (Å²) in [5, 5.41) is 41.1. The Morgan fingerprint density at radius 2 is 0.500 bits per heavy atom. The fourth-order valence-electron chi connectivity index (χ4n) is 6.06. The van der Waals surface area contributed by atoms with E-state index in [1.165, 1.54) is 193 Å². The molecule has 5 N–H and O–H groups in total. The molecule has 50 heavy (non-hydrogen) atoms. The summed E-state index contributed by atoms with van der Waals surface area (Å²) in [6.07, 6.45) is 45.3. The number of carboxylic acid groups (broad SMARTS) is 2. The number of hydrogen-bond donors (Lipinski definition) is 5. The van der Waals surface area contributed by atoms with Crippen LogP contribution in [0.15, 0.2) is 0 Å². The number of rotatable bonds is 38. The highest BCUT2D eigenvalue weighted by Gasteiger charge is 1.99. The van der Waals surface area contributed by atoms with E-state index in [9.17, 15) is 9.59 Å². The SMILES string of the molecule is CCCCCCCCCCCCCCCCCCCC(=O)O.CCCCCCCCCCCCCCCCCCCC(=O)O.OCC(O)CO. The van der Waals surface area contributed by atoms with Crippen molar-refractivity contribution in [3.63, 3.8) is 0 Å². The van der Waals surface area contributed by atoms with Crippen molar-refractivity contribution in [2.45, 2.75) is 251 Å². The van der Waals surface area contributed by atoms with Crippen LogP contribution >= 0.6 is 0 Å². The number of carboxylic acids is 2. The standard InChI is InChI=1S/2C20H40O2.C3H8O3/c2*1-2-3-4-5-6-7-8-9-10-11-12-13-14-15-16-17-18-19-20(21)22;4-1-3(6)2-5/h2*2-19H2,1H3,(H,21,22);3-6H,1-2H2. The average Bonchev–Trinajstić information content (AvgIpc) is 3.10. The summed E-state index contributed by atoms with van der Waals surface area (Å²) in [4.78, 5) is 20.7. The molecule has 0 aliphatic carbocycles. The fourth-order valence-corrected chi connectivity index (χ4v) is 6.06. The van der Waals surface area contributed by atoms with Gasteiger partial charge >= 0.3 is 11.9 Å². The van der Waals surface area contributed by atoms with Gasteiger partial charge in [0.15, 0.2) is 0 Å². The Balaban J connectivity index is -0.000000758. The summed E-state index contributed by atoms with van der Waals surface area (Å²) < 4.78 is 0. The topological polar surface area (TPSA) is 135 Å². The lowest BCUT2D eigenvalue weighted by Gasteiger charge is -2.03. The van der Waals surface area contributed by atoms with Gasteiger partial charge < -0.3 is 25.5 Å². The Morgan fingerprint density at radius 3 is 0.620 bits per heavy atom. The number of carbonyl (C=O) groups is 2. The monoisotopic (exact) mass is 717 g/mol. The maximum atomic E-state index is 10.4. The van der Waals surface area contributed by atoms with Gasteiger partial charge in [-0.2, -0.15) is 0 Å². The smallest absolute Gasteiger partial charge is 0.303 e. The molecule has 0 amide bonds. The molecule has 0 aliphatic heterocycles. The Bertz CT molecular complexity index is 576. The Hall–Kier alpha value is -1.18. The van der Waals surface area contributed by atoms with Crippen molar-refractivity contribution in [2.75, 3.05) is 13.2 Å². The Morgan fingerprint density at radius 1 is 0.340 bits per heavy atom. The van der Waals surface area contributed by atoms with Crippen LogP contribution in [0, 0.1) is 0 Å². The second-order valence-electron chi connectivity index (χ2n) is 14.6. The minimum atomic E-state index is -0.954. The van der Waals surface area contributed by atoms with Gasteiger partial charge in [-0.25, -0.2) is 0 Å². The van der Waals surface area contributed by atoms with E-state index in [0.29, 0.717) is 12.8 Å². The molecule has 0 fully saturated rings. The molecule has 0 spiro atoms. The normalized spacial score (nSPS) is 10.8.